The molecule has 0 aliphatic heterocycles. The normalized spacial score (nSPS) is 12.2. The lowest BCUT2D eigenvalue weighted by Gasteiger charge is -2.17. The molecule has 0 unspecified atom stereocenters. The predicted octanol–water partition coefficient (Wildman–Crippen LogP) is 11.7. The molecule has 0 saturated carbocycles. The second-order valence-corrected chi connectivity index (χ2v) is 12.3. The quantitative estimate of drug-likeness (QED) is 0.202. The summed E-state index contributed by atoms with van der Waals surface area (Å²) < 4.78 is 2.57. The summed E-state index contributed by atoms with van der Waals surface area (Å²) in [4.78, 5) is 0. The predicted molar refractivity (Wildman–Crippen MR) is 186 cm³/mol. The summed E-state index contributed by atoms with van der Waals surface area (Å²) in [5.74, 6) is 0. The highest BCUT2D eigenvalue weighted by Gasteiger charge is 2.25. The maximum atomic E-state index is 2.57. The van der Waals surface area contributed by atoms with Crippen molar-refractivity contribution in [2.24, 2.45) is 0 Å². The Morgan fingerprint density at radius 1 is 0.372 bits per heavy atom. The van der Waals surface area contributed by atoms with Gasteiger partial charge in [0.2, 0.25) is 0 Å². The van der Waals surface area contributed by atoms with E-state index in [0.29, 0.717) is 0 Å². The van der Waals surface area contributed by atoms with Gasteiger partial charge in [-0.05, 0) is 94.8 Å². The van der Waals surface area contributed by atoms with Crippen LogP contribution < -0.4 is 0 Å². The molecule has 0 aliphatic rings. The van der Waals surface area contributed by atoms with Gasteiger partial charge in [-0.1, -0.05) is 103 Å². The average Bonchev–Trinajstić information content (AvgIpc) is 3.52. The Morgan fingerprint density at radius 3 is 1.19 bits per heavy atom. The molecule has 204 valence electrons. The zero-order chi connectivity index (χ0) is 29.0. The van der Waals surface area contributed by atoms with Crippen molar-refractivity contribution in [2.75, 3.05) is 0 Å². The van der Waals surface area contributed by atoms with Gasteiger partial charge in [-0.15, -0.1) is 0 Å². The van der Waals surface area contributed by atoms with Crippen LogP contribution in [0.5, 0.6) is 0 Å². The Hall–Kier alpha value is -5.14. The van der Waals surface area contributed by atoms with Crippen molar-refractivity contribution in [3.8, 4) is 22.3 Å². The lowest BCUT2D eigenvalue weighted by Crippen LogP contribution is -1.93. The Bertz CT molecular complexity index is 2380. The Kier molecular flexibility index (Phi) is 4.94. The van der Waals surface area contributed by atoms with Gasteiger partial charge < -0.3 is 4.40 Å². The van der Waals surface area contributed by atoms with E-state index in [4.69, 9.17) is 0 Å². The van der Waals surface area contributed by atoms with Crippen molar-refractivity contribution in [3.05, 3.63) is 138 Å². The van der Waals surface area contributed by atoms with Crippen molar-refractivity contribution in [2.45, 2.75) is 27.7 Å². The minimum absolute atomic E-state index is 1.28. The maximum Gasteiger partial charge on any atom is 0.0620 e. The van der Waals surface area contributed by atoms with Gasteiger partial charge in [-0.2, -0.15) is 0 Å². The van der Waals surface area contributed by atoms with Crippen molar-refractivity contribution in [1.29, 1.82) is 0 Å². The molecule has 2 aromatic heterocycles. The molecule has 7 aromatic carbocycles. The summed E-state index contributed by atoms with van der Waals surface area (Å²) in [7, 11) is 0. The number of aryl methyl sites for hydroxylation is 4. The molecule has 9 rings (SSSR count). The lowest BCUT2D eigenvalue weighted by molar-refractivity contribution is 1.37. The van der Waals surface area contributed by atoms with Crippen LogP contribution in [0.1, 0.15) is 22.3 Å². The first-order chi connectivity index (χ1) is 21.0. The zero-order valence-electron chi connectivity index (χ0n) is 24.9. The molecule has 0 radical (unpaired) electrons. The van der Waals surface area contributed by atoms with Gasteiger partial charge in [-0.25, -0.2) is 0 Å². The Labute approximate surface area is 251 Å². The van der Waals surface area contributed by atoms with Gasteiger partial charge in [-0.3, -0.25) is 0 Å². The summed E-state index contributed by atoms with van der Waals surface area (Å²) >= 11 is 0. The van der Waals surface area contributed by atoms with Crippen LogP contribution in [0.4, 0.5) is 0 Å². The van der Waals surface area contributed by atoms with E-state index in [1.807, 2.05) is 0 Å². The molecular formula is C42H31N. The fourth-order valence-electron chi connectivity index (χ4n) is 8.06. The first kappa shape index (κ1) is 24.5. The molecular weight excluding hydrogens is 518 g/mol. The highest BCUT2D eigenvalue weighted by Crippen LogP contribution is 2.50. The van der Waals surface area contributed by atoms with Crippen LogP contribution in [0.15, 0.2) is 115 Å². The van der Waals surface area contributed by atoms with E-state index in [0.717, 1.165) is 0 Å². The number of hydrogen-bond acceptors (Lipinski definition) is 0. The molecule has 9 aromatic rings. The lowest BCUT2D eigenvalue weighted by atomic mass is 9.87. The SMILES string of the molecule is Cc1cccc(C)c1-c1c2ccccc2cc2c1c1cccc3c4c(-c5c(C)cccc5C)c5ccccc5cc4n2c13. The van der Waals surface area contributed by atoms with Crippen molar-refractivity contribution >= 4 is 59.6 Å². The minimum Gasteiger partial charge on any atom is -0.308 e. The van der Waals surface area contributed by atoms with Crippen LogP contribution in [0, 0.1) is 27.7 Å². The standard InChI is InChI=1S/C42H31N/c1-24-12-9-13-25(2)36(24)40-30-18-7-5-16-28(30)22-34-38(40)32-20-11-21-33-39-35(43(34)42(32)33)23-29-17-6-8-19-31(29)41(39)37-26(3)14-10-15-27(37)4/h5-23H,1-4H3. The van der Waals surface area contributed by atoms with Crippen LogP contribution in [0.2, 0.25) is 0 Å². The van der Waals surface area contributed by atoms with E-state index in [1.54, 1.807) is 0 Å². The minimum atomic E-state index is 1.28. The van der Waals surface area contributed by atoms with Crippen molar-refractivity contribution < 1.29 is 0 Å². The second-order valence-electron chi connectivity index (χ2n) is 12.3. The maximum absolute atomic E-state index is 2.57. The number of rotatable bonds is 2. The third kappa shape index (κ3) is 3.17. The van der Waals surface area contributed by atoms with Gasteiger partial charge in [0, 0.05) is 32.7 Å². The zero-order valence-corrected chi connectivity index (χ0v) is 24.9. The molecule has 0 fully saturated rings. The topological polar surface area (TPSA) is 4.41 Å². The van der Waals surface area contributed by atoms with Gasteiger partial charge in [0.1, 0.15) is 0 Å². The average molecular weight is 550 g/mol. The molecule has 1 heteroatoms. The van der Waals surface area contributed by atoms with Gasteiger partial charge >= 0.3 is 0 Å². The van der Waals surface area contributed by atoms with Crippen molar-refractivity contribution in [1.82, 2.24) is 4.40 Å². The van der Waals surface area contributed by atoms with E-state index in [1.165, 1.54) is 104 Å². The first-order valence-corrected chi connectivity index (χ1v) is 15.2. The number of fused-ring (bicyclic) bond motifs is 8. The monoisotopic (exact) mass is 549 g/mol. The third-order valence-corrected chi connectivity index (χ3v) is 9.80. The Balaban J connectivity index is 1.59. The van der Waals surface area contributed by atoms with Crippen LogP contribution in [-0.4, -0.2) is 4.40 Å². The Morgan fingerprint density at radius 2 is 0.744 bits per heavy atom. The van der Waals surface area contributed by atoms with Crippen molar-refractivity contribution in [3.63, 3.8) is 0 Å². The number of para-hydroxylation sites is 1. The summed E-state index contributed by atoms with van der Waals surface area (Å²) in [6, 6.07) is 43.0. The molecule has 0 atom stereocenters. The highest BCUT2D eigenvalue weighted by molar-refractivity contribution is 6.32. The first-order valence-electron chi connectivity index (χ1n) is 15.2. The summed E-state index contributed by atoms with van der Waals surface area (Å²) in [5.41, 5.74) is 14.5. The van der Waals surface area contributed by atoms with Crippen LogP contribution in [-0.2, 0) is 0 Å². The smallest absolute Gasteiger partial charge is 0.0620 e. The van der Waals surface area contributed by atoms with Crippen LogP contribution in [0.3, 0.4) is 0 Å². The van der Waals surface area contributed by atoms with E-state index >= 15 is 0 Å². The molecule has 1 nitrogen and oxygen atoms in total. The van der Waals surface area contributed by atoms with E-state index in [-0.39, 0.29) is 0 Å². The molecule has 43 heavy (non-hydrogen) atoms. The summed E-state index contributed by atoms with van der Waals surface area (Å²) in [6.07, 6.45) is 0. The van der Waals surface area contributed by atoms with Crippen LogP contribution >= 0.6 is 0 Å². The van der Waals surface area contributed by atoms with Gasteiger partial charge in [0.05, 0.1) is 16.6 Å². The largest absolute Gasteiger partial charge is 0.308 e. The fourth-order valence-corrected chi connectivity index (χ4v) is 8.06. The molecule has 0 N–H and O–H groups in total. The fraction of sp³-hybridized carbons (Fsp3) is 0.0952. The summed E-state index contributed by atoms with van der Waals surface area (Å²) in [6.45, 7) is 9.02. The molecule has 2 heterocycles. The van der Waals surface area contributed by atoms with E-state index < -0.39 is 0 Å². The number of benzene rings is 7. The number of hydrogen-bond donors (Lipinski definition) is 0. The number of aromatic nitrogens is 1. The molecule has 0 saturated heterocycles. The number of nitrogens with zero attached hydrogens (tertiary/aromatic N) is 1. The van der Waals surface area contributed by atoms with E-state index in [9.17, 15) is 0 Å². The molecule has 0 amide bonds. The molecule has 0 aliphatic carbocycles. The third-order valence-electron chi connectivity index (χ3n) is 9.80. The molecule has 0 spiro atoms. The highest BCUT2D eigenvalue weighted by atomic mass is 14.9. The second kappa shape index (κ2) is 8.69. The van der Waals surface area contributed by atoms with Gasteiger partial charge in [0.15, 0.2) is 0 Å². The van der Waals surface area contributed by atoms with Crippen LogP contribution in [0.25, 0.3) is 81.9 Å². The molecule has 0 bridgehead atoms. The van der Waals surface area contributed by atoms with Gasteiger partial charge in [0.25, 0.3) is 0 Å². The van der Waals surface area contributed by atoms with E-state index in [2.05, 4.69) is 147 Å². The summed E-state index contributed by atoms with van der Waals surface area (Å²) in [5, 5.41) is 10.5.